The molecular formula is C9H7ClN2OS. The third-order valence-electron chi connectivity index (χ3n) is 1.92. The number of rotatable bonds is 1. The maximum Gasteiger partial charge on any atom is 0.349 e. The van der Waals surface area contributed by atoms with Gasteiger partial charge in [-0.1, -0.05) is 11.6 Å². The Morgan fingerprint density at radius 2 is 2.36 bits per heavy atom. The summed E-state index contributed by atoms with van der Waals surface area (Å²) in [6, 6.07) is 3.63. The Bertz CT molecular complexity index is 504. The highest BCUT2D eigenvalue weighted by molar-refractivity contribution is 7.08. The van der Waals surface area contributed by atoms with Gasteiger partial charge in [0.15, 0.2) is 0 Å². The van der Waals surface area contributed by atoms with E-state index in [9.17, 15) is 4.79 Å². The first kappa shape index (κ1) is 9.43. The van der Waals surface area contributed by atoms with Crippen molar-refractivity contribution in [3.05, 3.63) is 38.5 Å². The summed E-state index contributed by atoms with van der Waals surface area (Å²) < 4.78 is 1.48. The van der Waals surface area contributed by atoms with Gasteiger partial charge in [0.25, 0.3) is 0 Å². The number of nitrogens with zero attached hydrogens (tertiary/aromatic N) is 2. The standard InChI is InChI=1S/C9H7ClN2OS/c1-12-7(6-2-3-14-5-6)4-8(10)11-9(12)13/h2-5H,1H3. The van der Waals surface area contributed by atoms with Crippen LogP contribution < -0.4 is 5.69 Å². The van der Waals surface area contributed by atoms with Gasteiger partial charge in [-0.3, -0.25) is 4.57 Å². The highest BCUT2D eigenvalue weighted by Crippen LogP contribution is 2.21. The molecule has 0 amide bonds. The molecule has 0 saturated heterocycles. The van der Waals surface area contributed by atoms with Gasteiger partial charge in [0, 0.05) is 24.1 Å². The Morgan fingerprint density at radius 1 is 1.57 bits per heavy atom. The predicted octanol–water partition coefficient (Wildman–Crippen LogP) is 2.16. The van der Waals surface area contributed by atoms with Crippen molar-refractivity contribution in [3.63, 3.8) is 0 Å². The molecule has 0 atom stereocenters. The molecule has 0 aliphatic carbocycles. The van der Waals surface area contributed by atoms with Crippen molar-refractivity contribution in [2.24, 2.45) is 7.05 Å². The number of hydrogen-bond acceptors (Lipinski definition) is 3. The van der Waals surface area contributed by atoms with Crippen molar-refractivity contribution in [2.45, 2.75) is 0 Å². The predicted molar refractivity (Wildman–Crippen MR) is 57.8 cm³/mol. The van der Waals surface area contributed by atoms with E-state index in [2.05, 4.69) is 4.98 Å². The molecule has 0 radical (unpaired) electrons. The lowest BCUT2D eigenvalue weighted by molar-refractivity contribution is 0.820. The molecule has 0 N–H and O–H groups in total. The minimum atomic E-state index is -0.335. The van der Waals surface area contributed by atoms with E-state index in [4.69, 9.17) is 11.6 Å². The summed E-state index contributed by atoms with van der Waals surface area (Å²) in [7, 11) is 1.68. The molecular weight excluding hydrogens is 220 g/mol. The van der Waals surface area contributed by atoms with Gasteiger partial charge in [-0.05, 0) is 11.4 Å². The Kier molecular flexibility index (Phi) is 2.39. The molecule has 5 heteroatoms. The van der Waals surface area contributed by atoms with Gasteiger partial charge in [0.1, 0.15) is 5.15 Å². The molecule has 0 spiro atoms. The molecule has 2 rings (SSSR count). The van der Waals surface area contributed by atoms with Crippen molar-refractivity contribution in [1.29, 1.82) is 0 Å². The second kappa shape index (κ2) is 3.55. The maximum absolute atomic E-state index is 11.3. The second-order valence-electron chi connectivity index (χ2n) is 2.82. The molecule has 0 saturated carbocycles. The lowest BCUT2D eigenvalue weighted by Gasteiger charge is -2.04. The third kappa shape index (κ3) is 1.58. The zero-order valence-electron chi connectivity index (χ0n) is 7.40. The molecule has 0 aliphatic rings. The Balaban J connectivity index is 2.70. The molecule has 2 aromatic heterocycles. The zero-order valence-corrected chi connectivity index (χ0v) is 8.97. The minimum Gasteiger partial charge on any atom is -0.295 e. The molecule has 0 aromatic carbocycles. The molecule has 0 fully saturated rings. The van der Waals surface area contributed by atoms with Gasteiger partial charge in [-0.2, -0.15) is 16.3 Å². The van der Waals surface area contributed by atoms with Gasteiger partial charge in [0.2, 0.25) is 0 Å². The fraction of sp³-hybridized carbons (Fsp3) is 0.111. The molecule has 2 heterocycles. The summed E-state index contributed by atoms with van der Waals surface area (Å²) in [6.07, 6.45) is 0. The van der Waals surface area contributed by atoms with E-state index in [0.29, 0.717) is 0 Å². The first-order valence-electron chi connectivity index (χ1n) is 3.94. The van der Waals surface area contributed by atoms with Crippen LogP contribution in [0.5, 0.6) is 0 Å². The molecule has 0 bridgehead atoms. The van der Waals surface area contributed by atoms with Crippen LogP contribution in [0.3, 0.4) is 0 Å². The summed E-state index contributed by atoms with van der Waals surface area (Å²) in [5.41, 5.74) is 1.44. The van der Waals surface area contributed by atoms with Gasteiger partial charge in [-0.15, -0.1) is 0 Å². The van der Waals surface area contributed by atoms with E-state index in [1.54, 1.807) is 24.5 Å². The van der Waals surface area contributed by atoms with Crippen LogP contribution in [0.4, 0.5) is 0 Å². The first-order chi connectivity index (χ1) is 6.68. The fourth-order valence-electron chi connectivity index (χ4n) is 1.20. The normalized spacial score (nSPS) is 10.4. The van der Waals surface area contributed by atoms with Crippen LogP contribution in [-0.4, -0.2) is 9.55 Å². The summed E-state index contributed by atoms with van der Waals surface area (Å²) in [5.74, 6) is 0. The van der Waals surface area contributed by atoms with Gasteiger partial charge in [0.05, 0.1) is 5.69 Å². The van der Waals surface area contributed by atoms with E-state index in [1.165, 1.54) is 4.57 Å². The fourth-order valence-corrected chi connectivity index (χ4v) is 2.02. The average Bonchev–Trinajstić information content (AvgIpc) is 2.63. The third-order valence-corrected chi connectivity index (χ3v) is 2.80. The monoisotopic (exact) mass is 226 g/mol. The Labute approximate surface area is 89.6 Å². The zero-order chi connectivity index (χ0) is 10.1. The summed E-state index contributed by atoms with van der Waals surface area (Å²) >= 11 is 7.29. The SMILES string of the molecule is Cn1c(-c2ccsc2)cc(Cl)nc1=O. The van der Waals surface area contributed by atoms with Crippen LogP contribution >= 0.6 is 22.9 Å². The van der Waals surface area contributed by atoms with E-state index in [-0.39, 0.29) is 10.8 Å². The van der Waals surface area contributed by atoms with Gasteiger partial charge < -0.3 is 0 Å². The number of hydrogen-bond donors (Lipinski definition) is 0. The average molecular weight is 227 g/mol. The van der Waals surface area contributed by atoms with E-state index in [1.807, 2.05) is 16.8 Å². The van der Waals surface area contributed by atoms with Crippen molar-refractivity contribution < 1.29 is 0 Å². The molecule has 0 aliphatic heterocycles. The van der Waals surface area contributed by atoms with Gasteiger partial charge in [-0.25, -0.2) is 4.79 Å². The van der Waals surface area contributed by atoms with Crippen LogP contribution in [0.1, 0.15) is 0 Å². The maximum atomic E-state index is 11.3. The molecule has 72 valence electrons. The largest absolute Gasteiger partial charge is 0.349 e. The van der Waals surface area contributed by atoms with Crippen LogP contribution in [-0.2, 0) is 7.05 Å². The minimum absolute atomic E-state index is 0.231. The molecule has 0 unspecified atom stereocenters. The van der Waals surface area contributed by atoms with Crippen LogP contribution in [0.25, 0.3) is 11.3 Å². The summed E-state index contributed by atoms with van der Waals surface area (Å²) in [6.45, 7) is 0. The van der Waals surface area contributed by atoms with Gasteiger partial charge >= 0.3 is 5.69 Å². The molecule has 14 heavy (non-hydrogen) atoms. The molecule has 3 nitrogen and oxygen atoms in total. The van der Waals surface area contributed by atoms with E-state index >= 15 is 0 Å². The van der Waals surface area contributed by atoms with Crippen molar-refractivity contribution in [3.8, 4) is 11.3 Å². The van der Waals surface area contributed by atoms with E-state index in [0.717, 1.165) is 11.3 Å². The molecule has 2 aromatic rings. The number of aromatic nitrogens is 2. The Hall–Kier alpha value is -1.13. The van der Waals surface area contributed by atoms with Crippen molar-refractivity contribution in [2.75, 3.05) is 0 Å². The second-order valence-corrected chi connectivity index (χ2v) is 3.99. The van der Waals surface area contributed by atoms with Crippen molar-refractivity contribution >= 4 is 22.9 Å². The summed E-state index contributed by atoms with van der Waals surface area (Å²) in [4.78, 5) is 14.9. The lowest BCUT2D eigenvalue weighted by atomic mass is 10.2. The Morgan fingerprint density at radius 3 is 3.00 bits per heavy atom. The highest BCUT2D eigenvalue weighted by atomic mass is 35.5. The number of thiophene rings is 1. The quantitative estimate of drug-likeness (QED) is 0.699. The smallest absolute Gasteiger partial charge is 0.295 e. The highest BCUT2D eigenvalue weighted by Gasteiger charge is 2.05. The van der Waals surface area contributed by atoms with Crippen LogP contribution in [0.15, 0.2) is 27.7 Å². The summed E-state index contributed by atoms with van der Waals surface area (Å²) in [5, 5.41) is 4.15. The first-order valence-corrected chi connectivity index (χ1v) is 5.26. The topological polar surface area (TPSA) is 34.9 Å². The van der Waals surface area contributed by atoms with Crippen LogP contribution in [0, 0.1) is 0 Å². The number of halogens is 1. The van der Waals surface area contributed by atoms with Crippen molar-refractivity contribution in [1.82, 2.24) is 9.55 Å². The lowest BCUT2D eigenvalue weighted by Crippen LogP contribution is -2.21. The van der Waals surface area contributed by atoms with Crippen LogP contribution in [0.2, 0.25) is 5.15 Å². The van der Waals surface area contributed by atoms with E-state index < -0.39 is 0 Å².